The molecule has 0 radical (unpaired) electrons. The summed E-state index contributed by atoms with van der Waals surface area (Å²) in [5, 5.41) is 0.140. The quantitative estimate of drug-likeness (QED) is 0.602. The largest absolute Gasteiger partial charge is 0.487 e. The summed E-state index contributed by atoms with van der Waals surface area (Å²) in [7, 11) is 0. The van der Waals surface area contributed by atoms with Crippen LogP contribution in [0.5, 0.6) is 5.75 Å². The molecule has 0 N–H and O–H groups in total. The smallest absolute Gasteiger partial charge is 0.336 e. The lowest BCUT2D eigenvalue weighted by Crippen LogP contribution is -2.13. The van der Waals surface area contributed by atoms with Crippen LogP contribution >= 0.6 is 11.6 Å². The highest BCUT2D eigenvalue weighted by molar-refractivity contribution is 6.32. The zero-order valence-corrected chi connectivity index (χ0v) is 10.1. The van der Waals surface area contributed by atoms with E-state index in [0.29, 0.717) is 5.75 Å². The molecular formula is C12H12ClFO3. The van der Waals surface area contributed by atoms with Crippen molar-refractivity contribution in [2.75, 3.05) is 13.2 Å². The average molecular weight is 259 g/mol. The van der Waals surface area contributed by atoms with Crippen molar-refractivity contribution < 1.29 is 18.7 Å². The lowest BCUT2D eigenvalue weighted by molar-refractivity contribution is -0.138. The van der Waals surface area contributed by atoms with E-state index in [4.69, 9.17) is 21.1 Å². The Labute approximate surface area is 104 Å². The number of carbonyl (C=O) groups is 1. The molecule has 1 aromatic carbocycles. The number of hydrogen-bond donors (Lipinski definition) is 0. The van der Waals surface area contributed by atoms with Gasteiger partial charge in [0.15, 0.2) is 0 Å². The Hall–Kier alpha value is -1.55. The summed E-state index contributed by atoms with van der Waals surface area (Å²) in [4.78, 5) is 11.2. The number of ether oxygens (including phenoxy) is 2. The fourth-order valence-corrected chi connectivity index (χ4v) is 1.27. The molecule has 3 nitrogen and oxygen atoms in total. The molecule has 0 spiro atoms. The van der Waals surface area contributed by atoms with Crippen LogP contribution in [-0.4, -0.2) is 19.2 Å². The van der Waals surface area contributed by atoms with Crippen LogP contribution in [0.25, 0.3) is 0 Å². The van der Waals surface area contributed by atoms with Gasteiger partial charge in [-0.25, -0.2) is 9.18 Å². The maximum Gasteiger partial charge on any atom is 0.336 e. The second-order valence-electron chi connectivity index (χ2n) is 3.19. The summed E-state index contributed by atoms with van der Waals surface area (Å²) in [6.07, 6.45) is 0. The normalized spacial score (nSPS) is 9.82. The molecule has 0 atom stereocenters. The van der Waals surface area contributed by atoms with Crippen molar-refractivity contribution in [3.8, 4) is 5.75 Å². The Balaban J connectivity index is 2.56. The Morgan fingerprint density at radius 1 is 1.53 bits per heavy atom. The van der Waals surface area contributed by atoms with Crippen LogP contribution in [0.1, 0.15) is 6.92 Å². The second-order valence-corrected chi connectivity index (χ2v) is 3.59. The Morgan fingerprint density at radius 3 is 2.82 bits per heavy atom. The first kappa shape index (κ1) is 13.5. The zero-order valence-electron chi connectivity index (χ0n) is 9.33. The van der Waals surface area contributed by atoms with Gasteiger partial charge in [-0.1, -0.05) is 18.2 Å². The minimum absolute atomic E-state index is 0.0514. The van der Waals surface area contributed by atoms with Gasteiger partial charge in [0.05, 0.1) is 17.2 Å². The Bertz CT molecular complexity index is 432. The van der Waals surface area contributed by atoms with E-state index in [1.807, 2.05) is 0 Å². The minimum atomic E-state index is -0.522. The first-order chi connectivity index (χ1) is 8.04. The molecule has 0 saturated carbocycles. The topological polar surface area (TPSA) is 35.5 Å². The molecule has 1 rings (SSSR count). The lowest BCUT2D eigenvalue weighted by atomic mass is 10.3. The molecule has 0 aliphatic carbocycles. The standard InChI is InChI=1S/C12H12ClFO3/c1-3-16-12(15)8(2)7-17-11-5-4-9(14)6-10(11)13/h4-6H,2-3,7H2,1H3. The van der Waals surface area contributed by atoms with E-state index in [-0.39, 0.29) is 23.8 Å². The summed E-state index contributed by atoms with van der Waals surface area (Å²) >= 11 is 5.74. The lowest BCUT2D eigenvalue weighted by Gasteiger charge is -2.09. The van der Waals surface area contributed by atoms with Gasteiger partial charge in [0, 0.05) is 0 Å². The SMILES string of the molecule is C=C(COc1ccc(F)cc1Cl)C(=O)OCC. The van der Waals surface area contributed by atoms with Crippen molar-refractivity contribution in [1.82, 2.24) is 0 Å². The molecule has 5 heteroatoms. The molecule has 0 aliphatic heterocycles. The fourth-order valence-electron chi connectivity index (χ4n) is 1.05. The fraction of sp³-hybridized carbons (Fsp3) is 0.250. The van der Waals surface area contributed by atoms with Crippen LogP contribution in [0, 0.1) is 5.82 Å². The maximum absolute atomic E-state index is 12.7. The number of rotatable bonds is 5. The molecular weight excluding hydrogens is 247 g/mol. The highest BCUT2D eigenvalue weighted by Gasteiger charge is 2.10. The van der Waals surface area contributed by atoms with E-state index in [2.05, 4.69) is 6.58 Å². The van der Waals surface area contributed by atoms with Crippen molar-refractivity contribution in [3.05, 3.63) is 41.2 Å². The number of halogens is 2. The summed E-state index contributed by atoms with van der Waals surface area (Å²) in [5.74, 6) is -0.684. The van der Waals surface area contributed by atoms with Crippen LogP contribution in [0.3, 0.4) is 0 Å². The molecule has 0 amide bonds. The van der Waals surface area contributed by atoms with E-state index in [9.17, 15) is 9.18 Å². The van der Waals surface area contributed by atoms with Gasteiger partial charge in [-0.2, -0.15) is 0 Å². The predicted octanol–water partition coefficient (Wildman–Crippen LogP) is 2.98. The van der Waals surface area contributed by atoms with E-state index in [1.54, 1.807) is 6.92 Å². The van der Waals surface area contributed by atoms with Crippen LogP contribution in [0.2, 0.25) is 5.02 Å². The van der Waals surface area contributed by atoms with E-state index in [0.717, 1.165) is 6.07 Å². The number of carbonyl (C=O) groups excluding carboxylic acids is 1. The van der Waals surface area contributed by atoms with Crippen LogP contribution < -0.4 is 4.74 Å². The van der Waals surface area contributed by atoms with Gasteiger partial charge < -0.3 is 9.47 Å². The first-order valence-electron chi connectivity index (χ1n) is 4.97. The number of esters is 1. The van der Waals surface area contributed by atoms with E-state index >= 15 is 0 Å². The van der Waals surface area contributed by atoms with Crippen molar-refractivity contribution in [1.29, 1.82) is 0 Å². The molecule has 0 aliphatic rings. The third-order valence-corrected chi connectivity index (χ3v) is 2.16. The zero-order chi connectivity index (χ0) is 12.8. The third-order valence-electron chi connectivity index (χ3n) is 1.86. The summed E-state index contributed by atoms with van der Waals surface area (Å²) in [6, 6.07) is 3.73. The van der Waals surface area contributed by atoms with Crippen molar-refractivity contribution in [3.63, 3.8) is 0 Å². The van der Waals surface area contributed by atoms with Gasteiger partial charge in [-0.05, 0) is 25.1 Å². The van der Waals surface area contributed by atoms with Crippen LogP contribution in [0.4, 0.5) is 4.39 Å². The molecule has 1 aromatic rings. The molecule has 0 saturated heterocycles. The average Bonchev–Trinajstić information content (AvgIpc) is 2.27. The molecule has 0 unspecified atom stereocenters. The molecule has 92 valence electrons. The molecule has 0 aromatic heterocycles. The first-order valence-corrected chi connectivity index (χ1v) is 5.35. The predicted molar refractivity (Wildman–Crippen MR) is 62.7 cm³/mol. The monoisotopic (exact) mass is 258 g/mol. The highest BCUT2D eigenvalue weighted by atomic mass is 35.5. The number of hydrogen-bond acceptors (Lipinski definition) is 3. The maximum atomic E-state index is 12.7. The summed E-state index contributed by atoms with van der Waals surface area (Å²) in [5.41, 5.74) is 0.173. The number of benzene rings is 1. The van der Waals surface area contributed by atoms with Crippen LogP contribution in [-0.2, 0) is 9.53 Å². The van der Waals surface area contributed by atoms with Gasteiger partial charge >= 0.3 is 5.97 Å². The summed E-state index contributed by atoms with van der Waals surface area (Å²) < 4.78 is 22.7. The Morgan fingerprint density at radius 2 is 2.24 bits per heavy atom. The van der Waals surface area contributed by atoms with Crippen molar-refractivity contribution in [2.24, 2.45) is 0 Å². The van der Waals surface area contributed by atoms with E-state index in [1.165, 1.54) is 12.1 Å². The van der Waals surface area contributed by atoms with Crippen molar-refractivity contribution in [2.45, 2.75) is 6.92 Å². The molecule has 0 fully saturated rings. The molecule has 0 heterocycles. The molecule has 17 heavy (non-hydrogen) atoms. The van der Waals surface area contributed by atoms with E-state index < -0.39 is 11.8 Å². The van der Waals surface area contributed by atoms with Gasteiger partial charge in [0.1, 0.15) is 18.2 Å². The minimum Gasteiger partial charge on any atom is -0.487 e. The van der Waals surface area contributed by atoms with Gasteiger partial charge in [-0.15, -0.1) is 0 Å². The van der Waals surface area contributed by atoms with Gasteiger partial charge in [-0.3, -0.25) is 0 Å². The molecule has 0 bridgehead atoms. The van der Waals surface area contributed by atoms with Gasteiger partial charge in [0.25, 0.3) is 0 Å². The third kappa shape index (κ3) is 4.07. The Kier molecular flexibility index (Phi) is 4.97. The highest BCUT2D eigenvalue weighted by Crippen LogP contribution is 2.25. The van der Waals surface area contributed by atoms with Crippen molar-refractivity contribution >= 4 is 17.6 Å². The summed E-state index contributed by atoms with van der Waals surface area (Å²) in [6.45, 7) is 5.44. The van der Waals surface area contributed by atoms with Crippen LogP contribution in [0.15, 0.2) is 30.4 Å². The van der Waals surface area contributed by atoms with Gasteiger partial charge in [0.2, 0.25) is 0 Å². The second kappa shape index (κ2) is 6.25.